The molecule has 9 heteroatoms. The van der Waals surface area contributed by atoms with Crippen molar-refractivity contribution < 1.29 is 18.4 Å². The van der Waals surface area contributed by atoms with E-state index in [4.69, 9.17) is 10.2 Å². The molecule has 2 amide bonds. The van der Waals surface area contributed by atoms with Crippen molar-refractivity contribution in [3.8, 4) is 11.5 Å². The zero-order valence-corrected chi connectivity index (χ0v) is 22.0. The maximum absolute atomic E-state index is 13.6. The molecule has 1 aliphatic rings. The number of rotatable bonds is 6. The Hall–Kier alpha value is -4.37. The van der Waals surface area contributed by atoms with Crippen molar-refractivity contribution in [2.75, 3.05) is 14.1 Å². The number of carbonyl (C=O) groups excluding carboxylic acids is 2. The Balaban J connectivity index is 1.79. The van der Waals surface area contributed by atoms with E-state index in [1.165, 1.54) is 12.1 Å². The van der Waals surface area contributed by atoms with E-state index < -0.39 is 5.41 Å². The van der Waals surface area contributed by atoms with Crippen LogP contribution in [0.4, 0.5) is 4.39 Å². The molecule has 0 aliphatic heterocycles. The van der Waals surface area contributed by atoms with Gasteiger partial charge in [-0.25, -0.2) is 4.39 Å². The average Bonchev–Trinajstić information content (AvgIpc) is 3.40. The largest absolute Gasteiger partial charge is 0.419 e. The number of halogens is 1. The third-order valence-electron chi connectivity index (χ3n) is 7.28. The fourth-order valence-electron chi connectivity index (χ4n) is 5.54. The summed E-state index contributed by atoms with van der Waals surface area (Å²) in [6.45, 7) is 1.92. The molecule has 1 aliphatic carbocycles. The van der Waals surface area contributed by atoms with Gasteiger partial charge < -0.3 is 20.8 Å². The second-order valence-electron chi connectivity index (χ2n) is 9.91. The number of hydrogen-bond acceptors (Lipinski definition) is 6. The first-order valence-corrected chi connectivity index (χ1v) is 12.8. The average molecular weight is 528 g/mol. The van der Waals surface area contributed by atoms with Gasteiger partial charge in [0.05, 0.1) is 0 Å². The highest BCUT2D eigenvalue weighted by atomic mass is 19.1. The third-order valence-corrected chi connectivity index (χ3v) is 7.28. The fraction of sp³-hybridized carbons (Fsp3) is 0.267. The highest BCUT2D eigenvalue weighted by Gasteiger charge is 2.46. The van der Waals surface area contributed by atoms with E-state index in [-0.39, 0.29) is 29.6 Å². The van der Waals surface area contributed by atoms with Gasteiger partial charge in [-0.2, -0.15) is 0 Å². The topological polar surface area (TPSA) is 123 Å². The quantitative estimate of drug-likeness (QED) is 0.351. The zero-order valence-electron chi connectivity index (χ0n) is 22.0. The summed E-state index contributed by atoms with van der Waals surface area (Å²) in [6.07, 6.45) is 1.69. The van der Waals surface area contributed by atoms with Gasteiger partial charge in [-0.05, 0) is 97.0 Å². The maximum atomic E-state index is 13.6. The van der Waals surface area contributed by atoms with Gasteiger partial charge in [0.15, 0.2) is 0 Å². The number of fused-ring (bicyclic) bond motifs is 2. The minimum Gasteiger partial charge on any atom is -0.419 e. The van der Waals surface area contributed by atoms with Crippen molar-refractivity contribution in [3.63, 3.8) is 0 Å². The smallest absolute Gasteiger partial charge is 0.251 e. The van der Waals surface area contributed by atoms with Crippen LogP contribution in [0.15, 0.2) is 65.1 Å². The van der Waals surface area contributed by atoms with Crippen LogP contribution in [0.2, 0.25) is 0 Å². The minimum atomic E-state index is -0.955. The number of nitrogens with zero attached hydrogens (tertiary/aromatic N) is 2. The first-order valence-electron chi connectivity index (χ1n) is 12.8. The summed E-state index contributed by atoms with van der Waals surface area (Å²) < 4.78 is 19.9. The molecule has 4 aromatic rings. The molecule has 39 heavy (non-hydrogen) atoms. The van der Waals surface area contributed by atoms with Crippen molar-refractivity contribution in [2.45, 2.75) is 37.6 Å². The summed E-state index contributed by atoms with van der Waals surface area (Å²) in [5.74, 6) is -0.141. The van der Waals surface area contributed by atoms with Crippen LogP contribution in [0, 0.1) is 5.82 Å². The van der Waals surface area contributed by atoms with E-state index in [9.17, 15) is 14.0 Å². The Morgan fingerprint density at radius 2 is 1.46 bits per heavy atom. The standard InChI is InChI=1S/C30H30FN5O3/c1-17(32)16-30(29-36-35-28(39-29)18-6-10-23(31)11-7-18)24-12-8-21(26(37)33-2)14-19(24)4-5-20-15-22(27(38)34-3)9-13-25(20)30/h6-15,17H,4-5,16,32H2,1-3H3,(H,33,37)(H,34,38)/t17-/m1/s1. The third kappa shape index (κ3) is 4.70. The number of aryl methyl sites for hydroxylation is 2. The molecule has 1 heterocycles. The van der Waals surface area contributed by atoms with Crippen LogP contribution in [0.25, 0.3) is 11.5 Å². The molecule has 0 fully saturated rings. The Labute approximate surface area is 225 Å². The summed E-state index contributed by atoms with van der Waals surface area (Å²) in [6, 6.07) is 16.8. The second kappa shape index (κ2) is 10.4. The van der Waals surface area contributed by atoms with Crippen molar-refractivity contribution in [1.29, 1.82) is 0 Å². The molecule has 0 radical (unpaired) electrons. The van der Waals surface area contributed by atoms with E-state index in [1.54, 1.807) is 38.4 Å². The molecular weight excluding hydrogens is 497 g/mol. The molecular formula is C30H30FN5O3. The van der Waals surface area contributed by atoms with Gasteiger partial charge >= 0.3 is 0 Å². The molecule has 4 N–H and O–H groups in total. The van der Waals surface area contributed by atoms with E-state index in [1.807, 2.05) is 31.2 Å². The molecule has 0 bridgehead atoms. The van der Waals surface area contributed by atoms with E-state index in [0.717, 1.165) is 22.3 Å². The summed E-state index contributed by atoms with van der Waals surface area (Å²) in [5, 5.41) is 14.2. The molecule has 0 unspecified atom stereocenters. The van der Waals surface area contributed by atoms with Crippen LogP contribution in [0.1, 0.15) is 62.2 Å². The lowest BCUT2D eigenvalue weighted by atomic mass is 9.68. The van der Waals surface area contributed by atoms with Crippen LogP contribution < -0.4 is 16.4 Å². The minimum absolute atomic E-state index is 0.185. The Kier molecular flexibility index (Phi) is 7.01. The van der Waals surface area contributed by atoms with E-state index in [2.05, 4.69) is 20.8 Å². The number of nitrogens with one attached hydrogen (secondary N) is 2. The van der Waals surface area contributed by atoms with Crippen molar-refractivity contribution in [2.24, 2.45) is 5.73 Å². The van der Waals surface area contributed by atoms with Gasteiger partial charge in [0.1, 0.15) is 11.2 Å². The molecule has 5 rings (SSSR count). The number of carbonyl (C=O) groups is 2. The Morgan fingerprint density at radius 3 is 1.95 bits per heavy atom. The van der Waals surface area contributed by atoms with Crippen molar-refractivity contribution >= 4 is 11.8 Å². The zero-order chi connectivity index (χ0) is 27.7. The maximum Gasteiger partial charge on any atom is 0.251 e. The van der Waals surface area contributed by atoms with Gasteiger partial charge in [0.25, 0.3) is 11.8 Å². The monoisotopic (exact) mass is 527 g/mol. The predicted molar refractivity (Wildman–Crippen MR) is 145 cm³/mol. The van der Waals surface area contributed by atoms with Crippen molar-refractivity contribution in [1.82, 2.24) is 20.8 Å². The van der Waals surface area contributed by atoms with Gasteiger partial charge in [-0.15, -0.1) is 10.2 Å². The molecule has 3 aromatic carbocycles. The lowest BCUT2D eigenvalue weighted by molar-refractivity contribution is 0.0955. The van der Waals surface area contributed by atoms with Crippen LogP contribution in [-0.2, 0) is 18.3 Å². The van der Waals surface area contributed by atoms with Crippen LogP contribution in [-0.4, -0.2) is 42.1 Å². The SMILES string of the molecule is CNC(=O)c1ccc2c(c1)CCc1cc(C(=O)NC)ccc1C2(C[C@@H](C)N)c1nnc(-c2ccc(F)cc2)o1. The number of amides is 2. The van der Waals surface area contributed by atoms with Crippen molar-refractivity contribution in [3.05, 3.63) is 106 Å². The van der Waals surface area contributed by atoms with Gasteiger partial charge in [-0.3, -0.25) is 9.59 Å². The second-order valence-corrected chi connectivity index (χ2v) is 9.91. The highest BCUT2D eigenvalue weighted by Crippen LogP contribution is 2.48. The highest BCUT2D eigenvalue weighted by molar-refractivity contribution is 5.95. The lowest BCUT2D eigenvalue weighted by Crippen LogP contribution is -2.37. The lowest BCUT2D eigenvalue weighted by Gasteiger charge is -2.35. The van der Waals surface area contributed by atoms with E-state index >= 15 is 0 Å². The first-order chi connectivity index (χ1) is 18.8. The molecule has 8 nitrogen and oxygen atoms in total. The van der Waals surface area contributed by atoms with Gasteiger partial charge in [0, 0.05) is 36.8 Å². The molecule has 0 saturated carbocycles. The summed E-state index contributed by atoms with van der Waals surface area (Å²) >= 11 is 0. The molecule has 0 saturated heterocycles. The van der Waals surface area contributed by atoms with Crippen LogP contribution in [0.3, 0.4) is 0 Å². The number of nitrogens with two attached hydrogens (primary N) is 1. The molecule has 1 atom stereocenters. The van der Waals surface area contributed by atoms with Crippen LogP contribution >= 0.6 is 0 Å². The summed E-state index contributed by atoms with van der Waals surface area (Å²) in [7, 11) is 3.19. The Morgan fingerprint density at radius 1 is 0.923 bits per heavy atom. The predicted octanol–water partition coefficient (Wildman–Crippen LogP) is 3.77. The van der Waals surface area contributed by atoms with Gasteiger partial charge in [-0.1, -0.05) is 12.1 Å². The number of hydrogen-bond donors (Lipinski definition) is 3. The first kappa shape index (κ1) is 26.2. The van der Waals surface area contributed by atoms with E-state index in [0.29, 0.717) is 41.8 Å². The molecule has 0 spiro atoms. The van der Waals surface area contributed by atoms with Crippen LogP contribution in [0.5, 0.6) is 0 Å². The Bertz CT molecular complexity index is 1480. The normalized spacial score (nSPS) is 14.5. The number of benzene rings is 3. The fourth-order valence-corrected chi connectivity index (χ4v) is 5.54. The summed E-state index contributed by atoms with van der Waals surface area (Å²) in [4.78, 5) is 25.0. The number of aromatic nitrogens is 2. The summed E-state index contributed by atoms with van der Waals surface area (Å²) in [5.41, 5.74) is 10.9. The molecule has 1 aromatic heterocycles. The molecule has 200 valence electrons. The van der Waals surface area contributed by atoms with Gasteiger partial charge in [0.2, 0.25) is 11.8 Å².